The van der Waals surface area contributed by atoms with Gasteiger partial charge in [-0.3, -0.25) is 0 Å². The van der Waals surface area contributed by atoms with E-state index in [9.17, 15) is 0 Å². The summed E-state index contributed by atoms with van der Waals surface area (Å²) < 4.78 is 5.82. The number of hydrogen-bond acceptors (Lipinski definition) is 1. The number of rotatable bonds is 7. The summed E-state index contributed by atoms with van der Waals surface area (Å²) in [5.74, 6) is 7.33. The Bertz CT molecular complexity index is 865. The Morgan fingerprint density at radius 2 is 1.30 bits per heavy atom. The molecule has 0 amide bonds. The van der Waals surface area contributed by atoms with Gasteiger partial charge in [0.2, 0.25) is 0 Å². The molecule has 3 aromatic carbocycles. The maximum atomic E-state index is 5.82. The van der Waals surface area contributed by atoms with Crippen molar-refractivity contribution in [2.45, 2.75) is 39.2 Å². The van der Waals surface area contributed by atoms with Crippen LogP contribution < -0.4 is 4.74 Å². The van der Waals surface area contributed by atoms with Gasteiger partial charge in [-0.05, 0) is 60.4 Å². The molecule has 0 aromatic heterocycles. The van der Waals surface area contributed by atoms with Gasteiger partial charge in [0.1, 0.15) is 12.4 Å². The van der Waals surface area contributed by atoms with Crippen molar-refractivity contribution >= 4 is 0 Å². The van der Waals surface area contributed by atoms with Gasteiger partial charge in [0.05, 0.1) is 0 Å². The molecule has 0 heterocycles. The third-order valence-electron chi connectivity index (χ3n) is 4.48. The number of hydrogen-bond donors (Lipinski definition) is 0. The molecule has 0 radical (unpaired) electrons. The van der Waals surface area contributed by atoms with Gasteiger partial charge in [0.25, 0.3) is 0 Å². The maximum Gasteiger partial charge on any atom is 0.119 e. The van der Waals surface area contributed by atoms with E-state index in [0.717, 1.165) is 23.3 Å². The second-order valence-electron chi connectivity index (χ2n) is 6.70. The van der Waals surface area contributed by atoms with Crippen LogP contribution in [0.5, 0.6) is 5.75 Å². The Hall–Kier alpha value is -2.98. The monoisotopic (exact) mass is 354 g/mol. The predicted molar refractivity (Wildman–Crippen MR) is 113 cm³/mol. The Morgan fingerprint density at radius 3 is 1.93 bits per heavy atom. The van der Waals surface area contributed by atoms with Crippen molar-refractivity contribution in [1.82, 2.24) is 0 Å². The minimum atomic E-state index is 0.580. The summed E-state index contributed by atoms with van der Waals surface area (Å²) >= 11 is 0. The van der Waals surface area contributed by atoms with Crippen LogP contribution in [0.25, 0.3) is 0 Å². The van der Waals surface area contributed by atoms with E-state index in [1.165, 1.54) is 30.4 Å². The Morgan fingerprint density at radius 1 is 0.667 bits per heavy atom. The Balaban J connectivity index is 1.54. The van der Waals surface area contributed by atoms with E-state index in [-0.39, 0.29) is 0 Å². The fraction of sp³-hybridized carbons (Fsp3) is 0.231. The van der Waals surface area contributed by atoms with Gasteiger partial charge in [-0.15, -0.1) is 0 Å². The average Bonchev–Trinajstić information content (AvgIpc) is 2.73. The summed E-state index contributed by atoms with van der Waals surface area (Å²) in [6.07, 6.45) is 4.98. The highest BCUT2D eigenvalue weighted by molar-refractivity contribution is 5.44. The highest BCUT2D eigenvalue weighted by Gasteiger charge is 1.96. The molecular weight excluding hydrogens is 328 g/mol. The zero-order valence-corrected chi connectivity index (χ0v) is 15.9. The van der Waals surface area contributed by atoms with Crippen molar-refractivity contribution in [1.29, 1.82) is 0 Å². The number of benzene rings is 3. The molecule has 136 valence electrons. The molecule has 27 heavy (non-hydrogen) atoms. The summed E-state index contributed by atoms with van der Waals surface area (Å²) in [5.41, 5.74) is 4.61. The molecule has 0 aliphatic carbocycles. The first-order valence-corrected chi connectivity index (χ1v) is 9.71. The molecule has 0 atom stereocenters. The largest absolute Gasteiger partial charge is 0.489 e. The van der Waals surface area contributed by atoms with E-state index in [1.54, 1.807) is 0 Å². The first-order chi connectivity index (χ1) is 13.3. The van der Waals surface area contributed by atoms with Crippen LogP contribution >= 0.6 is 0 Å². The topological polar surface area (TPSA) is 9.23 Å². The van der Waals surface area contributed by atoms with Gasteiger partial charge in [0.15, 0.2) is 0 Å². The molecule has 1 heteroatoms. The zero-order valence-electron chi connectivity index (χ0n) is 15.9. The Kier molecular flexibility index (Phi) is 7.13. The van der Waals surface area contributed by atoms with E-state index in [1.807, 2.05) is 42.5 Å². The van der Waals surface area contributed by atoms with Crippen LogP contribution in [0.4, 0.5) is 0 Å². The fourth-order valence-corrected chi connectivity index (χ4v) is 2.85. The maximum absolute atomic E-state index is 5.82. The quantitative estimate of drug-likeness (QED) is 0.352. The van der Waals surface area contributed by atoms with E-state index < -0.39 is 0 Å². The van der Waals surface area contributed by atoms with Gasteiger partial charge in [-0.1, -0.05) is 74.1 Å². The highest BCUT2D eigenvalue weighted by atomic mass is 16.5. The highest BCUT2D eigenvalue weighted by Crippen LogP contribution is 2.14. The zero-order chi connectivity index (χ0) is 18.7. The molecule has 3 aromatic rings. The second kappa shape index (κ2) is 10.2. The molecule has 1 nitrogen and oxygen atoms in total. The molecule has 0 aliphatic heterocycles. The van der Waals surface area contributed by atoms with Crippen molar-refractivity contribution < 1.29 is 4.74 Å². The minimum Gasteiger partial charge on any atom is -0.489 e. The summed E-state index contributed by atoms with van der Waals surface area (Å²) in [6, 6.07) is 26.8. The Labute approximate surface area is 163 Å². The normalized spacial score (nSPS) is 10.1. The summed E-state index contributed by atoms with van der Waals surface area (Å²) in [7, 11) is 0. The predicted octanol–water partition coefficient (Wildman–Crippen LogP) is 6.40. The van der Waals surface area contributed by atoms with Gasteiger partial charge in [-0.25, -0.2) is 0 Å². The third-order valence-corrected chi connectivity index (χ3v) is 4.48. The SMILES string of the molecule is CCCCCc1ccc(C#Cc2ccc(OCc3ccccc3)cc2)cc1. The van der Waals surface area contributed by atoms with Crippen molar-refractivity contribution in [3.63, 3.8) is 0 Å². The molecule has 0 bridgehead atoms. The lowest BCUT2D eigenvalue weighted by atomic mass is 10.1. The molecule has 0 unspecified atom stereocenters. The van der Waals surface area contributed by atoms with Gasteiger partial charge >= 0.3 is 0 Å². The van der Waals surface area contributed by atoms with E-state index in [0.29, 0.717) is 6.61 Å². The lowest BCUT2D eigenvalue weighted by molar-refractivity contribution is 0.306. The van der Waals surface area contributed by atoms with Crippen LogP contribution in [-0.4, -0.2) is 0 Å². The lowest BCUT2D eigenvalue weighted by Gasteiger charge is -2.06. The van der Waals surface area contributed by atoms with Gasteiger partial charge < -0.3 is 4.74 Å². The molecule has 0 aliphatic rings. The van der Waals surface area contributed by atoms with Gasteiger partial charge in [0, 0.05) is 11.1 Å². The second-order valence-corrected chi connectivity index (χ2v) is 6.70. The minimum absolute atomic E-state index is 0.580. The van der Waals surface area contributed by atoms with Crippen LogP contribution in [0, 0.1) is 11.8 Å². The van der Waals surface area contributed by atoms with Crippen LogP contribution in [0.15, 0.2) is 78.9 Å². The van der Waals surface area contributed by atoms with Gasteiger partial charge in [-0.2, -0.15) is 0 Å². The van der Waals surface area contributed by atoms with Crippen LogP contribution in [0.2, 0.25) is 0 Å². The third kappa shape index (κ3) is 6.35. The van der Waals surface area contributed by atoms with Crippen LogP contribution in [-0.2, 0) is 13.0 Å². The number of ether oxygens (including phenoxy) is 1. The van der Waals surface area contributed by atoms with E-state index in [2.05, 4.69) is 55.2 Å². The van der Waals surface area contributed by atoms with E-state index >= 15 is 0 Å². The van der Waals surface area contributed by atoms with E-state index in [4.69, 9.17) is 4.74 Å². The first kappa shape index (κ1) is 18.8. The number of unbranched alkanes of at least 4 members (excludes halogenated alkanes) is 2. The van der Waals surface area contributed by atoms with Crippen LogP contribution in [0.3, 0.4) is 0 Å². The molecule has 0 N–H and O–H groups in total. The van der Waals surface area contributed by atoms with Crippen molar-refractivity contribution in [3.8, 4) is 17.6 Å². The smallest absolute Gasteiger partial charge is 0.119 e. The van der Waals surface area contributed by atoms with Crippen molar-refractivity contribution in [3.05, 3.63) is 101 Å². The van der Waals surface area contributed by atoms with Crippen LogP contribution in [0.1, 0.15) is 48.4 Å². The average molecular weight is 354 g/mol. The molecule has 0 saturated heterocycles. The molecule has 0 fully saturated rings. The fourth-order valence-electron chi connectivity index (χ4n) is 2.85. The standard InChI is InChI=1S/C26H26O/c1-2-3-5-8-22-11-13-23(14-12-22)15-16-24-17-19-26(20-18-24)27-21-25-9-6-4-7-10-25/h4,6-7,9-14,17-20H,2-3,5,8,21H2,1H3. The molecule has 3 rings (SSSR count). The van der Waals surface area contributed by atoms with Crippen molar-refractivity contribution in [2.75, 3.05) is 0 Å². The lowest BCUT2D eigenvalue weighted by Crippen LogP contribution is -1.94. The molecular formula is C26H26O. The number of aryl methyl sites for hydroxylation is 1. The first-order valence-electron chi connectivity index (χ1n) is 9.71. The summed E-state index contributed by atoms with van der Waals surface area (Å²) in [6.45, 7) is 2.82. The molecule has 0 saturated carbocycles. The summed E-state index contributed by atoms with van der Waals surface area (Å²) in [4.78, 5) is 0. The van der Waals surface area contributed by atoms with Crippen molar-refractivity contribution in [2.24, 2.45) is 0 Å². The summed E-state index contributed by atoms with van der Waals surface area (Å²) in [5, 5.41) is 0. The molecule has 0 spiro atoms.